The Hall–Kier alpha value is -0.790. The van der Waals surface area contributed by atoms with Crippen molar-refractivity contribution in [2.24, 2.45) is 0 Å². The van der Waals surface area contributed by atoms with E-state index in [0.29, 0.717) is 0 Å². The van der Waals surface area contributed by atoms with Crippen LogP contribution in [-0.4, -0.2) is 27.0 Å². The Kier molecular flexibility index (Phi) is 5.40. The van der Waals surface area contributed by atoms with Crippen molar-refractivity contribution in [2.75, 3.05) is 6.61 Å². The monoisotopic (exact) mass is 383 g/mol. The summed E-state index contributed by atoms with van der Waals surface area (Å²) in [5.41, 5.74) is -0.111. The largest absolute Gasteiger partial charge is 0.456 e. The molecule has 1 saturated carbocycles. The first-order chi connectivity index (χ1) is 10.2. The molecule has 0 saturated heterocycles. The van der Waals surface area contributed by atoms with E-state index >= 15 is 0 Å². The van der Waals surface area contributed by atoms with E-state index < -0.39 is 16.0 Å². The van der Waals surface area contributed by atoms with Gasteiger partial charge >= 0.3 is 5.97 Å². The van der Waals surface area contributed by atoms with E-state index in [0.717, 1.165) is 18.9 Å². The number of nitrogens with one attached hydrogen (secondary N) is 1. The van der Waals surface area contributed by atoms with Crippen molar-refractivity contribution in [1.29, 1.82) is 0 Å². The molecule has 0 spiro atoms. The summed E-state index contributed by atoms with van der Waals surface area (Å²) in [6.07, 6.45) is 1.55. The highest BCUT2D eigenvalue weighted by molar-refractivity contribution is 7.89. The summed E-state index contributed by atoms with van der Waals surface area (Å²) in [7, 11) is -3.82. The molecular weight excluding hydrogens is 373 g/mol. The van der Waals surface area contributed by atoms with Crippen LogP contribution in [0, 0.1) is 0 Å². The fourth-order valence-corrected chi connectivity index (χ4v) is 3.81. The number of halogens is 3. The van der Waals surface area contributed by atoms with Crippen LogP contribution >= 0.6 is 34.8 Å². The predicted octanol–water partition coefficient (Wildman–Crippen LogP) is 3.34. The van der Waals surface area contributed by atoms with Gasteiger partial charge < -0.3 is 4.74 Å². The fourth-order valence-electron chi connectivity index (χ4n) is 1.60. The van der Waals surface area contributed by atoms with E-state index in [9.17, 15) is 13.2 Å². The maximum Gasteiger partial charge on any atom is 0.340 e. The lowest BCUT2D eigenvalue weighted by Crippen LogP contribution is -2.26. The summed E-state index contributed by atoms with van der Waals surface area (Å²) >= 11 is 17.4. The Morgan fingerprint density at radius 1 is 1.32 bits per heavy atom. The molecule has 0 aromatic heterocycles. The SMILES string of the molecule is C=C(Cl)COC(=O)c1cc(S(=O)(=O)NC2CC2)c(Cl)cc1Cl. The van der Waals surface area contributed by atoms with Crippen molar-refractivity contribution in [3.05, 3.63) is 39.4 Å². The minimum absolute atomic E-state index is 0.0134. The molecule has 1 aromatic rings. The molecule has 0 atom stereocenters. The smallest absolute Gasteiger partial charge is 0.340 e. The maximum absolute atomic E-state index is 12.2. The third-order valence-corrected chi connectivity index (χ3v) is 5.20. The van der Waals surface area contributed by atoms with Crippen molar-refractivity contribution >= 4 is 50.8 Å². The normalized spacial score (nSPS) is 14.7. The number of benzene rings is 1. The number of ether oxygens (including phenoxy) is 1. The lowest BCUT2D eigenvalue weighted by molar-refractivity contribution is 0.0546. The highest BCUT2D eigenvalue weighted by atomic mass is 35.5. The van der Waals surface area contributed by atoms with Crippen LogP contribution in [0.3, 0.4) is 0 Å². The topological polar surface area (TPSA) is 72.5 Å². The molecular formula is C13H12Cl3NO4S. The Bertz CT molecular complexity index is 729. The first-order valence-corrected chi connectivity index (χ1v) is 8.84. The van der Waals surface area contributed by atoms with Gasteiger partial charge in [0.15, 0.2) is 0 Å². The Balaban J connectivity index is 2.33. The van der Waals surface area contributed by atoms with E-state index in [1.54, 1.807) is 0 Å². The van der Waals surface area contributed by atoms with E-state index in [-0.39, 0.29) is 38.2 Å². The minimum atomic E-state index is -3.82. The second-order valence-corrected chi connectivity index (χ2v) is 7.78. The van der Waals surface area contributed by atoms with E-state index in [1.807, 2.05) is 0 Å². The third kappa shape index (κ3) is 4.36. The number of rotatable bonds is 6. The Morgan fingerprint density at radius 3 is 2.50 bits per heavy atom. The summed E-state index contributed by atoms with van der Waals surface area (Å²) < 4.78 is 31.8. The quantitative estimate of drug-likeness (QED) is 0.764. The molecule has 9 heteroatoms. The molecule has 1 N–H and O–H groups in total. The molecule has 1 fully saturated rings. The summed E-state index contributed by atoms with van der Waals surface area (Å²) in [5.74, 6) is -0.814. The van der Waals surface area contributed by atoms with Crippen molar-refractivity contribution in [3.8, 4) is 0 Å². The van der Waals surface area contributed by atoms with Crippen LogP contribution in [0.15, 0.2) is 28.6 Å². The zero-order valence-electron chi connectivity index (χ0n) is 11.2. The number of esters is 1. The van der Waals surface area contributed by atoms with Gasteiger partial charge in [0.1, 0.15) is 11.5 Å². The van der Waals surface area contributed by atoms with Crippen molar-refractivity contribution in [3.63, 3.8) is 0 Å². The van der Waals surface area contributed by atoms with Gasteiger partial charge in [0.05, 0.1) is 15.6 Å². The Morgan fingerprint density at radius 2 is 1.95 bits per heavy atom. The van der Waals surface area contributed by atoms with Crippen LogP contribution in [0.1, 0.15) is 23.2 Å². The summed E-state index contributed by atoms with van der Waals surface area (Å²) in [4.78, 5) is 11.7. The number of carbonyl (C=O) groups excluding carboxylic acids is 1. The van der Waals surface area contributed by atoms with Crippen molar-refractivity contribution in [2.45, 2.75) is 23.8 Å². The molecule has 22 heavy (non-hydrogen) atoms. The molecule has 5 nitrogen and oxygen atoms in total. The maximum atomic E-state index is 12.2. The molecule has 0 heterocycles. The fraction of sp³-hybridized carbons (Fsp3) is 0.308. The van der Waals surface area contributed by atoms with Gasteiger partial charge in [0.2, 0.25) is 10.0 Å². The molecule has 120 valence electrons. The van der Waals surface area contributed by atoms with Gasteiger partial charge in [-0.3, -0.25) is 0 Å². The van der Waals surface area contributed by atoms with Crippen LogP contribution < -0.4 is 4.72 Å². The van der Waals surface area contributed by atoms with E-state index in [2.05, 4.69) is 11.3 Å². The van der Waals surface area contributed by atoms with Crippen LogP contribution in [-0.2, 0) is 14.8 Å². The zero-order valence-corrected chi connectivity index (χ0v) is 14.3. The van der Waals surface area contributed by atoms with Crippen LogP contribution in [0.25, 0.3) is 0 Å². The van der Waals surface area contributed by atoms with Crippen LogP contribution in [0.5, 0.6) is 0 Å². The highest BCUT2D eigenvalue weighted by Crippen LogP contribution is 2.31. The summed E-state index contributed by atoms with van der Waals surface area (Å²) in [6.45, 7) is 3.18. The average molecular weight is 385 g/mol. The average Bonchev–Trinajstić information content (AvgIpc) is 3.18. The standard InChI is InChI=1S/C13H12Cl3NO4S/c1-7(14)6-21-13(18)9-4-12(11(16)5-10(9)15)22(19,20)17-8-2-3-8/h4-5,8,17H,1-3,6H2. The molecule has 0 unspecified atom stereocenters. The molecule has 1 aliphatic rings. The number of sulfonamides is 1. The lowest BCUT2D eigenvalue weighted by Gasteiger charge is -2.11. The summed E-state index contributed by atoms with van der Waals surface area (Å²) in [5, 5.41) is 0.0405. The number of hydrogen-bond acceptors (Lipinski definition) is 4. The third-order valence-electron chi connectivity index (χ3n) is 2.79. The van der Waals surface area contributed by atoms with Gasteiger partial charge in [-0.05, 0) is 25.0 Å². The second kappa shape index (κ2) is 6.76. The molecule has 0 aliphatic heterocycles. The van der Waals surface area contributed by atoms with Gasteiger partial charge in [-0.1, -0.05) is 41.4 Å². The first kappa shape index (κ1) is 17.6. The van der Waals surface area contributed by atoms with Crippen LogP contribution in [0.2, 0.25) is 10.0 Å². The van der Waals surface area contributed by atoms with Gasteiger partial charge in [-0.2, -0.15) is 0 Å². The Labute approximate surface area is 143 Å². The summed E-state index contributed by atoms with van der Waals surface area (Å²) in [6, 6.07) is 2.19. The van der Waals surface area contributed by atoms with E-state index in [1.165, 1.54) is 6.07 Å². The predicted molar refractivity (Wildman–Crippen MR) is 85.1 cm³/mol. The molecule has 2 rings (SSSR count). The molecule has 1 aromatic carbocycles. The number of hydrogen-bond donors (Lipinski definition) is 1. The van der Waals surface area contributed by atoms with E-state index in [4.69, 9.17) is 39.5 Å². The van der Waals surface area contributed by atoms with Crippen LogP contribution in [0.4, 0.5) is 0 Å². The highest BCUT2D eigenvalue weighted by Gasteiger charge is 2.30. The molecule has 0 bridgehead atoms. The van der Waals surface area contributed by atoms with Gasteiger partial charge in [0, 0.05) is 11.1 Å². The lowest BCUT2D eigenvalue weighted by atomic mass is 10.2. The molecule has 0 amide bonds. The molecule has 1 aliphatic carbocycles. The van der Waals surface area contributed by atoms with Gasteiger partial charge in [-0.25, -0.2) is 17.9 Å². The van der Waals surface area contributed by atoms with Gasteiger partial charge in [0.25, 0.3) is 0 Å². The first-order valence-electron chi connectivity index (χ1n) is 6.22. The second-order valence-electron chi connectivity index (χ2n) is 4.75. The van der Waals surface area contributed by atoms with Crippen molar-refractivity contribution < 1.29 is 17.9 Å². The molecule has 0 radical (unpaired) electrons. The minimum Gasteiger partial charge on any atom is -0.456 e. The number of carbonyl (C=O) groups is 1. The van der Waals surface area contributed by atoms with Gasteiger partial charge in [-0.15, -0.1) is 0 Å². The zero-order chi connectivity index (χ0) is 16.5. The van der Waals surface area contributed by atoms with Crippen molar-refractivity contribution in [1.82, 2.24) is 4.72 Å².